The number of carbonyl (C=O) groups is 2. The highest BCUT2D eigenvalue weighted by Gasteiger charge is 2.32. The average Bonchev–Trinajstić information content (AvgIpc) is 2.87. The minimum absolute atomic E-state index is 0.0167. The molecule has 1 amide bonds. The number of aliphatic carboxylic acids is 1. The molecule has 1 unspecified atom stereocenters. The van der Waals surface area contributed by atoms with E-state index in [0.717, 1.165) is 24.0 Å². The number of carboxylic acids is 1. The lowest BCUT2D eigenvalue weighted by Crippen LogP contribution is -2.26. The van der Waals surface area contributed by atoms with Gasteiger partial charge >= 0.3 is 11.7 Å². The van der Waals surface area contributed by atoms with Gasteiger partial charge in [0.25, 0.3) is 5.69 Å². The SMILES string of the molecule is O=C(O)CC1SC(=NN=Cc2cc([N+](=O)[O-])cc([N+](=O)[O-])c2O)NC1=O. The van der Waals surface area contributed by atoms with Gasteiger partial charge in [-0.25, -0.2) is 0 Å². The number of amides is 1. The van der Waals surface area contributed by atoms with E-state index >= 15 is 0 Å². The molecule has 13 nitrogen and oxygen atoms in total. The lowest BCUT2D eigenvalue weighted by atomic mass is 10.1. The number of hydrogen-bond acceptors (Lipinski definition) is 10. The number of thioether (sulfide) groups is 1. The Balaban J connectivity index is 2.25. The third-order valence-electron chi connectivity index (χ3n) is 2.99. The molecule has 136 valence electrons. The summed E-state index contributed by atoms with van der Waals surface area (Å²) in [6.45, 7) is 0. The summed E-state index contributed by atoms with van der Waals surface area (Å²) in [6.07, 6.45) is 0.413. The van der Waals surface area contributed by atoms with Crippen molar-refractivity contribution in [3.63, 3.8) is 0 Å². The van der Waals surface area contributed by atoms with Crippen LogP contribution >= 0.6 is 11.8 Å². The van der Waals surface area contributed by atoms with Gasteiger partial charge in [0, 0.05) is 6.07 Å². The molecule has 0 spiro atoms. The highest BCUT2D eigenvalue weighted by Crippen LogP contribution is 2.33. The van der Waals surface area contributed by atoms with Gasteiger partial charge in [-0.2, -0.15) is 5.10 Å². The predicted octanol–water partition coefficient (Wildman–Crippen LogP) is 0.605. The molecule has 0 radical (unpaired) electrons. The van der Waals surface area contributed by atoms with Gasteiger partial charge in [-0.05, 0) is 0 Å². The standard InChI is InChI=1S/C12H9N5O8S/c18-9(19)3-8-11(21)14-12(26-8)15-13-4-5-1-6(16(22)23)2-7(10(5)20)17(24)25/h1-2,4,8,20H,3H2,(H,18,19)(H,14,15,21). The summed E-state index contributed by atoms with van der Waals surface area (Å²) in [5, 5.41) is 48.6. The van der Waals surface area contributed by atoms with Crippen LogP contribution in [-0.2, 0) is 9.59 Å². The van der Waals surface area contributed by atoms with E-state index in [4.69, 9.17) is 5.11 Å². The Bertz CT molecular complexity index is 867. The van der Waals surface area contributed by atoms with Crippen LogP contribution in [0.4, 0.5) is 11.4 Å². The third kappa shape index (κ3) is 4.29. The fourth-order valence-corrected chi connectivity index (χ4v) is 2.77. The van der Waals surface area contributed by atoms with Crippen molar-refractivity contribution >= 4 is 46.4 Å². The minimum Gasteiger partial charge on any atom is -0.502 e. The first kappa shape index (κ1) is 18.8. The fourth-order valence-electron chi connectivity index (χ4n) is 1.86. The van der Waals surface area contributed by atoms with Crippen LogP contribution in [-0.4, -0.2) is 48.6 Å². The highest BCUT2D eigenvalue weighted by molar-refractivity contribution is 8.15. The molecule has 1 aliphatic heterocycles. The Morgan fingerprint density at radius 3 is 2.62 bits per heavy atom. The molecule has 1 heterocycles. The summed E-state index contributed by atoms with van der Waals surface area (Å²) in [4.78, 5) is 41.9. The van der Waals surface area contributed by atoms with E-state index in [0.29, 0.717) is 6.07 Å². The van der Waals surface area contributed by atoms with Gasteiger partial charge in [-0.15, -0.1) is 5.10 Å². The van der Waals surface area contributed by atoms with Gasteiger partial charge in [0.05, 0.1) is 34.1 Å². The van der Waals surface area contributed by atoms with Gasteiger partial charge in [0.2, 0.25) is 11.7 Å². The number of aromatic hydroxyl groups is 1. The summed E-state index contributed by atoms with van der Waals surface area (Å²) in [5.74, 6) is -2.58. The Morgan fingerprint density at radius 1 is 1.35 bits per heavy atom. The highest BCUT2D eigenvalue weighted by atomic mass is 32.2. The Morgan fingerprint density at radius 2 is 2.04 bits per heavy atom. The molecule has 1 saturated heterocycles. The van der Waals surface area contributed by atoms with E-state index in [1.165, 1.54) is 0 Å². The number of rotatable bonds is 6. The van der Waals surface area contributed by atoms with Crippen LogP contribution in [0.5, 0.6) is 5.75 Å². The monoisotopic (exact) mass is 383 g/mol. The fraction of sp³-hybridized carbons (Fsp3) is 0.167. The van der Waals surface area contributed by atoms with Crippen LogP contribution in [0, 0.1) is 20.2 Å². The first-order valence-corrected chi connectivity index (χ1v) is 7.53. The van der Waals surface area contributed by atoms with E-state index in [-0.39, 0.29) is 10.7 Å². The van der Waals surface area contributed by atoms with Crippen molar-refractivity contribution in [1.82, 2.24) is 5.32 Å². The number of nitrogens with zero attached hydrogens (tertiary/aromatic N) is 4. The van der Waals surface area contributed by atoms with Gasteiger partial charge in [0.15, 0.2) is 5.17 Å². The second-order valence-corrected chi connectivity index (χ2v) is 5.95. The number of phenols is 1. The summed E-state index contributed by atoms with van der Waals surface area (Å²) >= 11 is 0.818. The van der Waals surface area contributed by atoms with Crippen LogP contribution in [0.15, 0.2) is 22.3 Å². The second kappa shape index (κ2) is 7.56. The lowest BCUT2D eigenvalue weighted by Gasteiger charge is -2.00. The molecular formula is C12H9N5O8S. The molecule has 3 N–H and O–H groups in total. The smallest absolute Gasteiger partial charge is 0.318 e. The molecule has 0 saturated carbocycles. The maximum absolute atomic E-state index is 11.5. The topological polar surface area (TPSA) is 198 Å². The number of nitro benzene ring substituents is 2. The van der Waals surface area contributed by atoms with Crippen LogP contribution in [0.2, 0.25) is 0 Å². The van der Waals surface area contributed by atoms with Crippen molar-refractivity contribution in [1.29, 1.82) is 0 Å². The molecule has 1 aliphatic rings. The number of amidine groups is 1. The number of non-ortho nitro benzene ring substituents is 1. The molecule has 14 heteroatoms. The zero-order valence-electron chi connectivity index (χ0n) is 12.6. The first-order valence-electron chi connectivity index (χ1n) is 6.65. The number of nitro groups is 2. The summed E-state index contributed by atoms with van der Waals surface area (Å²) in [6, 6.07) is 1.46. The zero-order chi connectivity index (χ0) is 19.4. The summed E-state index contributed by atoms with van der Waals surface area (Å²) in [7, 11) is 0. The molecule has 0 bridgehead atoms. The van der Waals surface area contributed by atoms with E-state index in [1.54, 1.807) is 0 Å². The molecule has 1 fully saturated rings. The molecule has 0 aliphatic carbocycles. The first-order chi connectivity index (χ1) is 12.2. The second-order valence-electron chi connectivity index (χ2n) is 4.76. The predicted molar refractivity (Wildman–Crippen MR) is 88.2 cm³/mol. The molecule has 0 aromatic heterocycles. The van der Waals surface area contributed by atoms with Crippen molar-refractivity contribution in [2.24, 2.45) is 10.2 Å². The quantitative estimate of drug-likeness (QED) is 0.357. The molecule has 2 rings (SSSR count). The van der Waals surface area contributed by atoms with Crippen molar-refractivity contribution in [3.8, 4) is 5.75 Å². The van der Waals surface area contributed by atoms with E-state index in [2.05, 4.69) is 15.5 Å². The molecular weight excluding hydrogens is 374 g/mol. The maximum atomic E-state index is 11.5. The number of carbonyl (C=O) groups excluding carboxylic acids is 1. The number of carboxylic acid groups (broad SMARTS) is 1. The Hall–Kier alpha value is -3.55. The van der Waals surface area contributed by atoms with E-state index in [9.17, 15) is 34.9 Å². The molecule has 1 aromatic carbocycles. The van der Waals surface area contributed by atoms with Gasteiger partial charge in [-0.1, -0.05) is 11.8 Å². The van der Waals surface area contributed by atoms with Crippen molar-refractivity contribution in [2.45, 2.75) is 11.7 Å². The third-order valence-corrected chi connectivity index (χ3v) is 4.07. The molecule has 26 heavy (non-hydrogen) atoms. The van der Waals surface area contributed by atoms with Crippen molar-refractivity contribution in [2.75, 3.05) is 0 Å². The largest absolute Gasteiger partial charge is 0.502 e. The van der Waals surface area contributed by atoms with Crippen molar-refractivity contribution in [3.05, 3.63) is 37.9 Å². The van der Waals surface area contributed by atoms with Crippen LogP contribution in [0.25, 0.3) is 0 Å². The van der Waals surface area contributed by atoms with Crippen LogP contribution < -0.4 is 5.32 Å². The van der Waals surface area contributed by atoms with Gasteiger partial charge < -0.3 is 15.5 Å². The van der Waals surface area contributed by atoms with Crippen LogP contribution in [0.1, 0.15) is 12.0 Å². The van der Waals surface area contributed by atoms with Crippen molar-refractivity contribution < 1.29 is 29.6 Å². The maximum Gasteiger partial charge on any atom is 0.318 e. The Kier molecular flexibility index (Phi) is 5.46. The lowest BCUT2D eigenvalue weighted by molar-refractivity contribution is -0.394. The number of phenolic OH excluding ortho intramolecular Hbond substituents is 1. The Labute approximate surface area is 147 Å². The van der Waals surface area contributed by atoms with Gasteiger partial charge in [-0.3, -0.25) is 29.8 Å². The van der Waals surface area contributed by atoms with E-state index in [1.807, 2.05) is 0 Å². The number of nitrogens with one attached hydrogen (secondary N) is 1. The summed E-state index contributed by atoms with van der Waals surface area (Å²) < 4.78 is 0. The van der Waals surface area contributed by atoms with Crippen LogP contribution in [0.3, 0.4) is 0 Å². The van der Waals surface area contributed by atoms with E-state index < -0.39 is 50.5 Å². The molecule has 1 aromatic rings. The normalized spacial score (nSPS) is 18.2. The van der Waals surface area contributed by atoms with Gasteiger partial charge in [0.1, 0.15) is 5.25 Å². The molecule has 1 atom stereocenters. The summed E-state index contributed by atoms with van der Waals surface area (Å²) in [5.41, 5.74) is -1.83. The number of benzene rings is 1. The average molecular weight is 383 g/mol. The zero-order valence-corrected chi connectivity index (χ0v) is 13.4. The number of hydrogen-bond donors (Lipinski definition) is 3. The minimum atomic E-state index is -1.17.